The van der Waals surface area contributed by atoms with Crippen LogP contribution >= 0.6 is 23.2 Å². The Labute approximate surface area is 162 Å². The highest BCUT2D eigenvalue weighted by atomic mass is 35.5. The van der Waals surface area contributed by atoms with Gasteiger partial charge in [-0.15, -0.1) is 0 Å². The van der Waals surface area contributed by atoms with Crippen LogP contribution < -0.4 is 0 Å². The summed E-state index contributed by atoms with van der Waals surface area (Å²) in [6.07, 6.45) is 0. The predicted molar refractivity (Wildman–Crippen MR) is 107 cm³/mol. The minimum atomic E-state index is -0.361. The van der Waals surface area contributed by atoms with E-state index in [0.717, 1.165) is 14.2 Å². The molecule has 140 valence electrons. The molecule has 0 saturated carbocycles. The summed E-state index contributed by atoms with van der Waals surface area (Å²) in [6, 6.07) is 0. The van der Waals surface area contributed by atoms with E-state index in [2.05, 4.69) is 53.1 Å². The van der Waals surface area contributed by atoms with Crippen molar-refractivity contribution in [1.82, 2.24) is 0 Å². The molecule has 0 aliphatic heterocycles. The van der Waals surface area contributed by atoms with Crippen LogP contribution in [0.5, 0.6) is 0 Å². The molecular formula is C12H33B3Cl2O6. The SMILES string of the molecule is C.CC.CC(=O)Cl.CC(=O)Cl.CO.CO.COC(C)=O.[2H][B].[2H][B].[2H][B]. The van der Waals surface area contributed by atoms with Gasteiger partial charge in [0.25, 0.3) is 0 Å². The molecule has 0 aromatic carbocycles. The van der Waals surface area contributed by atoms with Crippen LogP contribution in [-0.4, -0.2) is 77.1 Å². The summed E-state index contributed by atoms with van der Waals surface area (Å²) in [7, 11) is 14.6. The molecule has 0 aliphatic rings. The van der Waals surface area contributed by atoms with Crippen molar-refractivity contribution in [3.8, 4) is 0 Å². The number of esters is 1. The van der Waals surface area contributed by atoms with Crippen molar-refractivity contribution in [2.75, 3.05) is 21.3 Å². The van der Waals surface area contributed by atoms with E-state index in [-0.39, 0.29) is 23.9 Å². The fourth-order valence-corrected chi connectivity index (χ4v) is 0. The van der Waals surface area contributed by atoms with Gasteiger partial charge in [0.2, 0.25) is 10.5 Å². The van der Waals surface area contributed by atoms with Gasteiger partial charge in [-0.3, -0.25) is 14.4 Å². The topological polar surface area (TPSA) is 101 Å². The summed E-state index contributed by atoms with van der Waals surface area (Å²) in [4.78, 5) is 28.0. The number of rotatable bonds is 0. The van der Waals surface area contributed by atoms with Gasteiger partial charge >= 0.3 is 5.97 Å². The van der Waals surface area contributed by atoms with Gasteiger partial charge in [0, 0.05) is 60.1 Å². The second-order valence-corrected chi connectivity index (χ2v) is 2.70. The number of hydrogen-bond donors (Lipinski definition) is 2. The Morgan fingerprint density at radius 3 is 0.870 bits per heavy atom. The third-order valence-corrected chi connectivity index (χ3v) is 0.287. The van der Waals surface area contributed by atoms with Crippen LogP contribution in [0.1, 0.15) is 42.0 Å². The van der Waals surface area contributed by atoms with E-state index in [1.165, 1.54) is 27.9 Å². The zero-order valence-corrected chi connectivity index (χ0v) is 16.0. The van der Waals surface area contributed by atoms with Crippen LogP contribution in [0.25, 0.3) is 0 Å². The van der Waals surface area contributed by atoms with Crippen molar-refractivity contribution >= 4 is 64.8 Å². The van der Waals surface area contributed by atoms with Crippen LogP contribution in [0.2, 0.25) is 0 Å². The molecule has 11 heteroatoms. The Balaban J connectivity index is -0.0000000143. The molecule has 6 radical (unpaired) electrons. The monoisotopic (exact) mass is 379 g/mol. The molecule has 0 aromatic rings. The molecule has 0 aromatic heterocycles. The van der Waals surface area contributed by atoms with Gasteiger partial charge in [-0.05, 0) is 27.2 Å². The molecule has 2 N–H and O–H groups in total. The van der Waals surface area contributed by atoms with Gasteiger partial charge in [0.1, 0.15) is 0 Å². The van der Waals surface area contributed by atoms with E-state index in [1.54, 1.807) is 0 Å². The van der Waals surface area contributed by atoms with Crippen LogP contribution in [0.3, 0.4) is 0 Å². The molecule has 0 spiro atoms. The summed E-state index contributed by atoms with van der Waals surface area (Å²) in [5.41, 5.74) is 0. The number of carbonyl (C=O) groups excluding carboxylic acids is 3. The van der Waals surface area contributed by atoms with Crippen molar-refractivity contribution in [2.45, 2.75) is 42.0 Å². The Morgan fingerprint density at radius 1 is 0.826 bits per heavy atom. The number of aliphatic hydroxyl groups excluding tert-OH is 2. The molecule has 0 saturated heterocycles. The minimum absolute atomic E-state index is 0. The highest BCUT2D eigenvalue weighted by Gasteiger charge is 1.75. The Kier molecular flexibility index (Phi) is 188. The second kappa shape index (κ2) is 100. The molecule has 6 nitrogen and oxygen atoms in total. The Bertz CT molecular complexity index is 182. The second-order valence-electron chi connectivity index (χ2n) is 1.64. The molecule has 23 heavy (non-hydrogen) atoms. The average Bonchev–Trinajstić information content (AvgIpc) is 2.64. The maximum absolute atomic E-state index is 9.59. The minimum Gasteiger partial charge on any atom is -0.469 e. The summed E-state index contributed by atoms with van der Waals surface area (Å²) < 4.78 is 19.9. The van der Waals surface area contributed by atoms with E-state index in [0.29, 0.717) is 0 Å². The van der Waals surface area contributed by atoms with Crippen LogP contribution in [0.15, 0.2) is 0 Å². The molecule has 0 fully saturated rings. The first-order valence-electron chi connectivity index (χ1n) is 6.73. The van der Waals surface area contributed by atoms with Gasteiger partial charge in [0.15, 0.2) is 0 Å². The van der Waals surface area contributed by atoms with Crippen LogP contribution in [0, 0.1) is 0 Å². The number of hydrogen-bond acceptors (Lipinski definition) is 6. The summed E-state index contributed by atoms with van der Waals surface area (Å²) >= 11 is 9.27. The maximum atomic E-state index is 9.59. The van der Waals surface area contributed by atoms with Crippen molar-refractivity contribution in [3.63, 3.8) is 0 Å². The van der Waals surface area contributed by atoms with Gasteiger partial charge in [0.05, 0.1) is 7.11 Å². The predicted octanol–water partition coefficient (Wildman–Crippen LogP) is 0.656. The lowest BCUT2D eigenvalue weighted by atomic mass is 10.8. The molecule has 0 heterocycles. The molecule has 0 amide bonds. The quantitative estimate of drug-likeness (QED) is 0.364. The standard InChI is InChI=1S/C3H6O2.2C2H3ClO.C2H6.2CH4O.CH4.3BH/c1-3(4)5-2;2*1-2(3)4;3*1-2;;;;/h1-2H3;2*1H3;1-2H3;2*2H,1H3;1H4;3*1H/i;;;;;;;3*1D. The average molecular weight is 380 g/mol. The van der Waals surface area contributed by atoms with E-state index < -0.39 is 0 Å². The van der Waals surface area contributed by atoms with E-state index in [1.807, 2.05) is 13.8 Å². The van der Waals surface area contributed by atoms with Crippen LogP contribution in [0.4, 0.5) is 0 Å². The Morgan fingerprint density at radius 2 is 0.870 bits per heavy atom. The third kappa shape index (κ3) is 3610. The first-order valence-corrected chi connectivity index (χ1v) is 5.75. The molecule has 0 atom stereocenters. The first-order chi connectivity index (χ1) is 11.7. The van der Waals surface area contributed by atoms with Crippen molar-refractivity contribution in [3.05, 3.63) is 0 Å². The molecule has 0 bridgehead atoms. The third-order valence-electron chi connectivity index (χ3n) is 0.287. The summed E-state index contributed by atoms with van der Waals surface area (Å²) in [5, 5.41) is 13.3. The number of aliphatic hydroxyl groups is 2. The fourth-order valence-electron chi connectivity index (χ4n) is 0. The lowest BCUT2D eigenvalue weighted by Crippen LogP contribution is -1.88. The lowest BCUT2D eigenvalue weighted by Gasteiger charge is -1.80. The highest BCUT2D eigenvalue weighted by molar-refractivity contribution is 6.63. The fraction of sp³-hybridized carbons (Fsp3) is 0.750. The summed E-state index contributed by atoms with van der Waals surface area (Å²) in [6.45, 7) is 7.95. The summed E-state index contributed by atoms with van der Waals surface area (Å²) in [5.74, 6) is -0.245. The van der Waals surface area contributed by atoms with Crippen molar-refractivity contribution in [1.29, 1.82) is 4.01 Å². The number of methoxy groups -OCH3 is 1. The smallest absolute Gasteiger partial charge is 0.302 e. The molecule has 0 unspecified atom stereocenters. The molecule has 0 aliphatic carbocycles. The Hall–Kier alpha value is -0.495. The van der Waals surface area contributed by atoms with Gasteiger partial charge < -0.3 is 14.9 Å². The van der Waals surface area contributed by atoms with Crippen molar-refractivity contribution in [2.24, 2.45) is 0 Å². The van der Waals surface area contributed by atoms with Crippen LogP contribution in [-0.2, 0) is 19.1 Å². The maximum Gasteiger partial charge on any atom is 0.302 e. The first kappa shape index (κ1) is 43.3. The number of ether oxygens (including phenoxy) is 1. The zero-order valence-electron chi connectivity index (χ0n) is 17.5. The van der Waals surface area contributed by atoms with Gasteiger partial charge in [-0.1, -0.05) is 21.3 Å². The highest BCUT2D eigenvalue weighted by Crippen LogP contribution is 1.68. The molecule has 0 rings (SSSR count). The normalized spacial score (nSPS) is 5.30. The largest absolute Gasteiger partial charge is 0.469 e. The number of halogens is 2. The van der Waals surface area contributed by atoms with E-state index in [4.69, 9.17) is 14.2 Å². The van der Waals surface area contributed by atoms with Gasteiger partial charge in [-0.25, -0.2) is 0 Å². The van der Waals surface area contributed by atoms with E-state index >= 15 is 0 Å². The van der Waals surface area contributed by atoms with E-state index in [9.17, 15) is 14.4 Å². The number of carbonyl (C=O) groups is 3. The lowest BCUT2D eigenvalue weighted by molar-refractivity contribution is -0.138. The zero-order chi connectivity index (χ0) is 23.4. The van der Waals surface area contributed by atoms with Crippen molar-refractivity contribution < 1.29 is 29.3 Å². The van der Waals surface area contributed by atoms with Gasteiger partial charge in [-0.2, -0.15) is 0 Å². The molecular weight excluding hydrogens is 343 g/mol.